The van der Waals surface area contributed by atoms with E-state index in [2.05, 4.69) is 0 Å². The van der Waals surface area contributed by atoms with E-state index in [0.717, 1.165) is 5.56 Å². The smallest absolute Gasteiger partial charge is 0.418 e. The summed E-state index contributed by atoms with van der Waals surface area (Å²) in [5, 5.41) is 0. The van der Waals surface area contributed by atoms with Gasteiger partial charge in [0.05, 0.1) is 22.9 Å². The second kappa shape index (κ2) is 5.89. The van der Waals surface area contributed by atoms with Crippen molar-refractivity contribution in [3.63, 3.8) is 0 Å². The first kappa shape index (κ1) is 12.2. The van der Waals surface area contributed by atoms with Crippen molar-refractivity contribution in [3.05, 3.63) is 35.6 Å². The van der Waals surface area contributed by atoms with Crippen LogP contribution in [0.3, 0.4) is 0 Å². The van der Waals surface area contributed by atoms with Crippen LogP contribution in [-0.4, -0.2) is 15.8 Å². The van der Waals surface area contributed by atoms with E-state index in [4.69, 9.17) is 4.74 Å². The van der Waals surface area contributed by atoms with E-state index < -0.39 is 0 Å². The number of nitrogens with zero attached hydrogens (tertiary/aromatic N) is 1. The van der Waals surface area contributed by atoms with Gasteiger partial charge >= 0.3 is 6.09 Å². The van der Waals surface area contributed by atoms with E-state index in [1.807, 2.05) is 29.8 Å². The Hall–Kier alpha value is -0.850. The first-order valence-electron chi connectivity index (χ1n) is 4.48. The van der Waals surface area contributed by atoms with Crippen LogP contribution in [-0.2, 0) is 11.3 Å². The van der Waals surface area contributed by atoms with Crippen molar-refractivity contribution in [2.45, 2.75) is 13.5 Å². The summed E-state index contributed by atoms with van der Waals surface area (Å²) < 4.78 is 19.0. The number of carbonyl (C=O) groups excluding carboxylic acids is 1. The second-order valence-corrected chi connectivity index (χ2v) is 4.02. The largest absolute Gasteiger partial charge is 0.444 e. The summed E-state index contributed by atoms with van der Waals surface area (Å²) in [6.45, 7) is 2.60. The van der Waals surface area contributed by atoms with E-state index in [-0.39, 0.29) is 18.5 Å². The number of carbonyl (C=O) groups is 1. The monoisotopic (exact) mass is 323 g/mol. The SMILES string of the molecule is CCN(I)C(=O)OCc1ccc(F)cc1. The highest BCUT2D eigenvalue weighted by Gasteiger charge is 2.08. The van der Waals surface area contributed by atoms with Crippen molar-refractivity contribution >= 4 is 29.0 Å². The highest BCUT2D eigenvalue weighted by Crippen LogP contribution is 2.07. The quantitative estimate of drug-likeness (QED) is 0.632. The average Bonchev–Trinajstić information content (AvgIpc) is 2.26. The normalized spacial score (nSPS) is 9.80. The van der Waals surface area contributed by atoms with Crippen molar-refractivity contribution in [1.82, 2.24) is 3.11 Å². The van der Waals surface area contributed by atoms with E-state index in [0.29, 0.717) is 6.54 Å². The molecule has 3 nitrogen and oxygen atoms in total. The van der Waals surface area contributed by atoms with Crippen molar-refractivity contribution in [2.75, 3.05) is 6.54 Å². The van der Waals surface area contributed by atoms with Gasteiger partial charge < -0.3 is 4.74 Å². The Balaban J connectivity index is 2.43. The van der Waals surface area contributed by atoms with Crippen LogP contribution >= 0.6 is 22.9 Å². The van der Waals surface area contributed by atoms with Crippen LogP contribution in [0.5, 0.6) is 0 Å². The Morgan fingerprint density at radius 3 is 2.60 bits per heavy atom. The molecule has 0 unspecified atom stereocenters. The molecule has 15 heavy (non-hydrogen) atoms. The number of ether oxygens (including phenoxy) is 1. The van der Waals surface area contributed by atoms with Gasteiger partial charge in [0.1, 0.15) is 12.4 Å². The molecule has 1 aromatic rings. The Bertz CT molecular complexity index is 329. The molecule has 82 valence electrons. The summed E-state index contributed by atoms with van der Waals surface area (Å²) in [5.41, 5.74) is 0.769. The zero-order valence-electron chi connectivity index (χ0n) is 8.24. The molecule has 1 aromatic carbocycles. The fourth-order valence-electron chi connectivity index (χ4n) is 0.925. The lowest BCUT2D eigenvalue weighted by Gasteiger charge is -2.11. The molecule has 0 N–H and O–H groups in total. The third-order valence-corrected chi connectivity index (χ3v) is 2.83. The summed E-state index contributed by atoms with van der Waals surface area (Å²) in [5.74, 6) is -0.297. The molecule has 1 amide bonds. The maximum absolute atomic E-state index is 12.6. The van der Waals surface area contributed by atoms with Gasteiger partial charge in [-0.15, -0.1) is 0 Å². The summed E-state index contributed by atoms with van der Waals surface area (Å²) in [7, 11) is 0. The predicted molar refractivity (Wildman–Crippen MR) is 63.0 cm³/mol. The molecule has 0 radical (unpaired) electrons. The highest BCUT2D eigenvalue weighted by molar-refractivity contribution is 14.1. The van der Waals surface area contributed by atoms with Crippen molar-refractivity contribution < 1.29 is 13.9 Å². The molecule has 0 bridgehead atoms. The predicted octanol–water partition coefficient (Wildman–Crippen LogP) is 3.13. The minimum absolute atomic E-state index is 0.165. The molecule has 0 heterocycles. The molecule has 0 aliphatic rings. The fourth-order valence-corrected chi connectivity index (χ4v) is 1.06. The minimum Gasteiger partial charge on any atom is -0.444 e. The fraction of sp³-hybridized carbons (Fsp3) is 0.300. The van der Waals surface area contributed by atoms with Crippen LogP contribution in [0.25, 0.3) is 0 Å². The van der Waals surface area contributed by atoms with E-state index in [1.165, 1.54) is 15.2 Å². The van der Waals surface area contributed by atoms with E-state index >= 15 is 0 Å². The number of benzene rings is 1. The molecule has 1 rings (SSSR count). The van der Waals surface area contributed by atoms with Gasteiger partial charge in [-0.3, -0.25) is 3.11 Å². The van der Waals surface area contributed by atoms with Crippen molar-refractivity contribution in [2.24, 2.45) is 0 Å². The van der Waals surface area contributed by atoms with Gasteiger partial charge in [0, 0.05) is 6.54 Å². The minimum atomic E-state index is -0.387. The molecule has 5 heteroatoms. The number of hydrogen-bond donors (Lipinski definition) is 0. The summed E-state index contributed by atoms with van der Waals surface area (Å²) in [6, 6.07) is 5.85. The molecular formula is C10H11FINO2. The molecule has 0 saturated carbocycles. The van der Waals surface area contributed by atoms with Crippen LogP contribution in [0, 0.1) is 5.82 Å². The lowest BCUT2D eigenvalue weighted by Crippen LogP contribution is -2.21. The third kappa shape index (κ3) is 4.03. The van der Waals surface area contributed by atoms with Crippen molar-refractivity contribution in [3.8, 4) is 0 Å². The van der Waals surface area contributed by atoms with Crippen LogP contribution < -0.4 is 0 Å². The maximum atomic E-state index is 12.6. The Kier molecular flexibility index (Phi) is 4.80. The van der Waals surface area contributed by atoms with Crippen LogP contribution in [0.1, 0.15) is 12.5 Å². The van der Waals surface area contributed by atoms with Crippen molar-refractivity contribution in [1.29, 1.82) is 0 Å². The van der Waals surface area contributed by atoms with E-state index in [9.17, 15) is 9.18 Å². The zero-order chi connectivity index (χ0) is 11.3. The van der Waals surface area contributed by atoms with Gasteiger partial charge in [-0.1, -0.05) is 12.1 Å². The topological polar surface area (TPSA) is 29.5 Å². The molecule has 0 fully saturated rings. The lowest BCUT2D eigenvalue weighted by atomic mass is 10.2. The van der Waals surface area contributed by atoms with Gasteiger partial charge in [0.15, 0.2) is 0 Å². The first-order valence-corrected chi connectivity index (χ1v) is 5.44. The standard InChI is InChI=1S/C10H11FINO2/c1-2-13(12)10(14)15-7-8-3-5-9(11)6-4-8/h3-6H,2,7H2,1H3. The highest BCUT2D eigenvalue weighted by atomic mass is 127. The second-order valence-electron chi connectivity index (χ2n) is 2.86. The lowest BCUT2D eigenvalue weighted by molar-refractivity contribution is 0.126. The number of rotatable bonds is 3. The van der Waals surface area contributed by atoms with Crippen LogP contribution in [0.2, 0.25) is 0 Å². The van der Waals surface area contributed by atoms with Crippen LogP contribution in [0.15, 0.2) is 24.3 Å². The zero-order valence-corrected chi connectivity index (χ0v) is 10.4. The molecule has 0 saturated heterocycles. The molecule has 0 aromatic heterocycles. The average molecular weight is 323 g/mol. The van der Waals surface area contributed by atoms with Gasteiger partial charge in [-0.2, -0.15) is 0 Å². The van der Waals surface area contributed by atoms with E-state index in [1.54, 1.807) is 12.1 Å². The third-order valence-electron chi connectivity index (χ3n) is 1.75. The molecular weight excluding hydrogens is 312 g/mol. The number of amides is 1. The Labute approximate surface area is 102 Å². The number of hydrogen-bond acceptors (Lipinski definition) is 2. The summed E-state index contributed by atoms with van der Waals surface area (Å²) in [6.07, 6.45) is -0.387. The van der Waals surface area contributed by atoms with Gasteiger partial charge in [-0.05, 0) is 24.6 Å². The van der Waals surface area contributed by atoms with Gasteiger partial charge in [0.2, 0.25) is 0 Å². The van der Waals surface area contributed by atoms with Gasteiger partial charge in [-0.25, -0.2) is 9.18 Å². The summed E-state index contributed by atoms with van der Waals surface area (Å²) in [4.78, 5) is 11.2. The first-order chi connectivity index (χ1) is 7.13. The van der Waals surface area contributed by atoms with Crippen LogP contribution in [0.4, 0.5) is 9.18 Å². The molecule has 0 aliphatic heterocycles. The Morgan fingerprint density at radius 2 is 2.07 bits per heavy atom. The number of halogens is 2. The summed E-state index contributed by atoms with van der Waals surface area (Å²) >= 11 is 1.88. The molecule has 0 aliphatic carbocycles. The van der Waals surface area contributed by atoms with Gasteiger partial charge in [0.25, 0.3) is 0 Å². The molecule has 0 atom stereocenters. The Morgan fingerprint density at radius 1 is 1.47 bits per heavy atom. The molecule has 0 spiro atoms. The maximum Gasteiger partial charge on any atom is 0.418 e.